The molecule has 0 aliphatic rings. The Hall–Kier alpha value is -0.940. The summed E-state index contributed by atoms with van der Waals surface area (Å²) in [6.45, 7) is 1.47. The van der Waals surface area contributed by atoms with Gasteiger partial charge in [-0.3, -0.25) is 0 Å². The lowest BCUT2D eigenvalue weighted by molar-refractivity contribution is 0.0722. The lowest BCUT2D eigenvalue weighted by Crippen LogP contribution is -2.02. The van der Waals surface area contributed by atoms with Gasteiger partial charge in [-0.05, 0) is 0 Å². The van der Waals surface area contributed by atoms with E-state index < -0.39 is 12.7 Å². The van der Waals surface area contributed by atoms with Crippen LogP contribution < -0.4 is 0 Å². The molecule has 1 aromatic rings. The zero-order valence-corrected chi connectivity index (χ0v) is 6.19. The standard InChI is InChI=1S/C6H10N2O3/c1-2-5-7-8-6(11-5)4(10)3-9/h4,9-10H,2-3H2,1H3. The van der Waals surface area contributed by atoms with Gasteiger partial charge in [-0.25, -0.2) is 0 Å². The molecule has 1 rings (SSSR count). The second-order valence-electron chi connectivity index (χ2n) is 2.09. The fraction of sp³-hybridized carbons (Fsp3) is 0.667. The Bertz CT molecular complexity index is 223. The van der Waals surface area contributed by atoms with E-state index in [9.17, 15) is 0 Å². The minimum Gasteiger partial charge on any atom is -0.422 e. The number of hydrogen-bond acceptors (Lipinski definition) is 5. The third-order valence-corrected chi connectivity index (χ3v) is 1.24. The van der Waals surface area contributed by atoms with Crippen molar-refractivity contribution in [2.24, 2.45) is 0 Å². The number of aryl methyl sites for hydroxylation is 1. The smallest absolute Gasteiger partial charge is 0.247 e. The van der Waals surface area contributed by atoms with E-state index in [4.69, 9.17) is 14.6 Å². The van der Waals surface area contributed by atoms with Crippen molar-refractivity contribution < 1.29 is 14.6 Å². The van der Waals surface area contributed by atoms with Gasteiger partial charge in [0.05, 0.1) is 6.61 Å². The number of rotatable bonds is 3. The second-order valence-corrected chi connectivity index (χ2v) is 2.09. The highest BCUT2D eigenvalue weighted by Crippen LogP contribution is 2.09. The van der Waals surface area contributed by atoms with Crippen molar-refractivity contribution in [3.8, 4) is 0 Å². The second kappa shape index (κ2) is 3.45. The SMILES string of the molecule is CCc1nnc(C(O)CO)o1. The van der Waals surface area contributed by atoms with Crippen LogP contribution in [0, 0.1) is 0 Å². The summed E-state index contributed by atoms with van der Waals surface area (Å²) in [7, 11) is 0. The Morgan fingerprint density at radius 2 is 2.27 bits per heavy atom. The normalized spacial score (nSPS) is 13.4. The van der Waals surface area contributed by atoms with Gasteiger partial charge in [0.1, 0.15) is 0 Å². The molecule has 0 amide bonds. The predicted octanol–water partition coefficient (Wildman–Crippen LogP) is -0.342. The molecule has 0 aromatic carbocycles. The van der Waals surface area contributed by atoms with Crippen LogP contribution in [0.1, 0.15) is 24.8 Å². The lowest BCUT2D eigenvalue weighted by atomic mass is 10.4. The zero-order valence-electron chi connectivity index (χ0n) is 6.19. The van der Waals surface area contributed by atoms with E-state index in [1.807, 2.05) is 6.92 Å². The van der Waals surface area contributed by atoms with Crippen LogP contribution in [0.4, 0.5) is 0 Å². The van der Waals surface area contributed by atoms with Crippen LogP contribution in [-0.2, 0) is 6.42 Å². The molecule has 2 N–H and O–H groups in total. The molecule has 62 valence electrons. The molecule has 5 heteroatoms. The molecule has 0 spiro atoms. The van der Waals surface area contributed by atoms with Gasteiger partial charge in [0.2, 0.25) is 11.8 Å². The number of aliphatic hydroxyl groups excluding tert-OH is 2. The predicted molar refractivity (Wildman–Crippen MR) is 35.7 cm³/mol. The van der Waals surface area contributed by atoms with Gasteiger partial charge in [-0.15, -0.1) is 10.2 Å². The first kappa shape index (κ1) is 8.16. The van der Waals surface area contributed by atoms with Crippen molar-refractivity contribution in [1.29, 1.82) is 0 Å². The van der Waals surface area contributed by atoms with Crippen LogP contribution in [0.5, 0.6) is 0 Å². The number of aromatic nitrogens is 2. The number of hydrogen-bond donors (Lipinski definition) is 2. The van der Waals surface area contributed by atoms with Gasteiger partial charge in [0.25, 0.3) is 0 Å². The fourth-order valence-electron chi connectivity index (χ4n) is 0.622. The summed E-state index contributed by atoms with van der Waals surface area (Å²) in [5.74, 6) is 0.539. The molecule has 0 saturated carbocycles. The van der Waals surface area contributed by atoms with Crippen LogP contribution >= 0.6 is 0 Å². The van der Waals surface area contributed by atoms with E-state index in [2.05, 4.69) is 10.2 Å². The molecule has 5 nitrogen and oxygen atoms in total. The van der Waals surface area contributed by atoms with Crippen molar-refractivity contribution in [3.63, 3.8) is 0 Å². The molecule has 0 radical (unpaired) electrons. The number of nitrogens with zero attached hydrogens (tertiary/aromatic N) is 2. The zero-order chi connectivity index (χ0) is 8.27. The van der Waals surface area contributed by atoms with E-state index in [1.165, 1.54) is 0 Å². The van der Waals surface area contributed by atoms with Crippen LogP contribution in [0.2, 0.25) is 0 Å². The molecule has 1 unspecified atom stereocenters. The molecule has 11 heavy (non-hydrogen) atoms. The monoisotopic (exact) mass is 158 g/mol. The fourth-order valence-corrected chi connectivity index (χ4v) is 0.622. The molecule has 0 aliphatic heterocycles. The Labute approximate surface area is 63.7 Å². The summed E-state index contributed by atoms with van der Waals surface area (Å²) in [5.41, 5.74) is 0. The molecule has 0 bridgehead atoms. The minimum atomic E-state index is -1.05. The molecule has 0 fully saturated rings. The summed E-state index contributed by atoms with van der Waals surface area (Å²) in [4.78, 5) is 0. The molecule has 0 saturated heterocycles. The molecule has 1 heterocycles. The first-order valence-electron chi connectivity index (χ1n) is 3.39. The van der Waals surface area contributed by atoms with Crippen molar-refractivity contribution in [3.05, 3.63) is 11.8 Å². The van der Waals surface area contributed by atoms with Crippen molar-refractivity contribution in [2.75, 3.05) is 6.61 Å². The average Bonchev–Trinajstić information content (AvgIpc) is 2.50. The van der Waals surface area contributed by atoms with E-state index in [0.29, 0.717) is 12.3 Å². The van der Waals surface area contributed by atoms with Crippen LogP contribution in [0.3, 0.4) is 0 Å². The third-order valence-electron chi connectivity index (χ3n) is 1.24. The van der Waals surface area contributed by atoms with Crippen LogP contribution in [0.15, 0.2) is 4.42 Å². The van der Waals surface area contributed by atoms with Crippen molar-refractivity contribution in [1.82, 2.24) is 10.2 Å². The highest BCUT2D eigenvalue weighted by Gasteiger charge is 2.13. The maximum Gasteiger partial charge on any atom is 0.247 e. The molecular formula is C6H10N2O3. The van der Waals surface area contributed by atoms with Crippen molar-refractivity contribution >= 4 is 0 Å². The van der Waals surface area contributed by atoms with Crippen LogP contribution in [0.25, 0.3) is 0 Å². The summed E-state index contributed by atoms with van der Waals surface area (Å²) in [5, 5.41) is 24.6. The Morgan fingerprint density at radius 3 is 2.73 bits per heavy atom. The molecule has 0 aliphatic carbocycles. The summed E-state index contributed by atoms with van der Waals surface area (Å²) in [6, 6.07) is 0. The topological polar surface area (TPSA) is 79.4 Å². The Balaban J connectivity index is 2.71. The van der Waals surface area contributed by atoms with Gasteiger partial charge >= 0.3 is 0 Å². The molecule has 1 atom stereocenters. The van der Waals surface area contributed by atoms with Crippen molar-refractivity contribution in [2.45, 2.75) is 19.4 Å². The van der Waals surface area contributed by atoms with E-state index in [-0.39, 0.29) is 5.89 Å². The lowest BCUT2D eigenvalue weighted by Gasteiger charge is -1.97. The first-order chi connectivity index (χ1) is 5.27. The van der Waals surface area contributed by atoms with Gasteiger partial charge in [0.15, 0.2) is 6.10 Å². The summed E-state index contributed by atoms with van der Waals surface area (Å²) >= 11 is 0. The minimum absolute atomic E-state index is 0.0735. The van der Waals surface area contributed by atoms with Gasteiger partial charge < -0.3 is 14.6 Å². The largest absolute Gasteiger partial charge is 0.422 e. The van der Waals surface area contributed by atoms with Gasteiger partial charge in [0, 0.05) is 6.42 Å². The summed E-state index contributed by atoms with van der Waals surface area (Å²) in [6.07, 6.45) is -0.423. The number of aliphatic hydroxyl groups is 2. The quantitative estimate of drug-likeness (QED) is 0.629. The van der Waals surface area contributed by atoms with E-state index in [1.54, 1.807) is 0 Å². The molecular weight excluding hydrogens is 148 g/mol. The maximum absolute atomic E-state index is 8.99. The first-order valence-corrected chi connectivity index (χ1v) is 3.39. The van der Waals surface area contributed by atoms with Crippen LogP contribution in [-0.4, -0.2) is 27.0 Å². The highest BCUT2D eigenvalue weighted by molar-refractivity contribution is 4.85. The highest BCUT2D eigenvalue weighted by atomic mass is 16.4. The third kappa shape index (κ3) is 1.75. The molecule has 1 aromatic heterocycles. The van der Waals surface area contributed by atoms with E-state index in [0.717, 1.165) is 0 Å². The Kier molecular flexibility index (Phi) is 2.56. The Morgan fingerprint density at radius 1 is 1.55 bits per heavy atom. The van der Waals surface area contributed by atoms with Gasteiger partial charge in [-0.1, -0.05) is 6.92 Å². The van der Waals surface area contributed by atoms with E-state index >= 15 is 0 Å². The maximum atomic E-state index is 8.99. The average molecular weight is 158 g/mol. The van der Waals surface area contributed by atoms with Gasteiger partial charge in [-0.2, -0.15) is 0 Å². The summed E-state index contributed by atoms with van der Waals surface area (Å²) < 4.78 is 4.95.